The number of hydrogen-bond acceptors (Lipinski definition) is 3. The lowest BCUT2D eigenvalue weighted by molar-refractivity contribution is 0.0697. The van der Waals surface area contributed by atoms with E-state index in [1.54, 1.807) is 43.3 Å². The van der Waals surface area contributed by atoms with E-state index < -0.39 is 5.97 Å². The van der Waals surface area contributed by atoms with E-state index in [1.165, 1.54) is 23.0 Å². The first kappa shape index (κ1) is 16.7. The molecular formula is C18H14ClN3O3. The van der Waals surface area contributed by atoms with E-state index in [-0.39, 0.29) is 11.1 Å². The van der Waals surface area contributed by atoms with Gasteiger partial charge in [-0.05, 0) is 55.5 Å². The van der Waals surface area contributed by atoms with Gasteiger partial charge in [0.15, 0.2) is 0 Å². The Morgan fingerprint density at radius 1 is 1.16 bits per heavy atom. The second-order valence-electron chi connectivity index (χ2n) is 5.38. The maximum absolute atomic E-state index is 12.6. The lowest BCUT2D eigenvalue weighted by atomic mass is 10.2. The number of aromatic amines is 1. The molecule has 25 heavy (non-hydrogen) atoms. The van der Waals surface area contributed by atoms with Gasteiger partial charge in [-0.2, -0.15) is 0 Å². The fraction of sp³-hybridized carbons (Fsp3) is 0.0556. The second-order valence-corrected chi connectivity index (χ2v) is 5.81. The molecule has 0 bridgehead atoms. The van der Waals surface area contributed by atoms with E-state index in [2.05, 4.69) is 10.1 Å². The number of aryl methyl sites for hydroxylation is 1. The molecule has 6 nitrogen and oxygen atoms in total. The minimum absolute atomic E-state index is 0.182. The molecule has 0 radical (unpaired) electrons. The van der Waals surface area contributed by atoms with Gasteiger partial charge in [-0.3, -0.25) is 14.9 Å². The predicted molar refractivity (Wildman–Crippen MR) is 96.8 cm³/mol. The summed E-state index contributed by atoms with van der Waals surface area (Å²) in [6, 6.07) is 13.0. The smallest absolute Gasteiger partial charge is 0.335 e. The number of carboxylic acid groups (broad SMARTS) is 1. The summed E-state index contributed by atoms with van der Waals surface area (Å²) in [5.74, 6) is -0.997. The largest absolute Gasteiger partial charge is 0.478 e. The molecule has 2 aromatic carbocycles. The van der Waals surface area contributed by atoms with Crippen LogP contribution >= 0.6 is 11.6 Å². The third-order valence-electron chi connectivity index (χ3n) is 3.66. The number of rotatable bonds is 4. The van der Waals surface area contributed by atoms with E-state index >= 15 is 0 Å². The summed E-state index contributed by atoms with van der Waals surface area (Å²) in [5.41, 5.74) is 2.28. The van der Waals surface area contributed by atoms with Crippen molar-refractivity contribution in [3.63, 3.8) is 0 Å². The number of carbonyl (C=O) groups is 1. The second kappa shape index (κ2) is 6.78. The molecule has 0 aliphatic carbocycles. The van der Waals surface area contributed by atoms with Crippen LogP contribution in [0.25, 0.3) is 5.69 Å². The highest BCUT2D eigenvalue weighted by Crippen LogP contribution is 2.14. The molecule has 3 rings (SSSR count). The zero-order valence-electron chi connectivity index (χ0n) is 13.2. The van der Waals surface area contributed by atoms with Crippen molar-refractivity contribution >= 4 is 29.5 Å². The molecule has 2 N–H and O–H groups in total. The van der Waals surface area contributed by atoms with E-state index in [0.717, 1.165) is 0 Å². The average molecular weight is 356 g/mol. The zero-order valence-corrected chi connectivity index (χ0v) is 14.0. The van der Waals surface area contributed by atoms with Crippen LogP contribution in [0, 0.1) is 6.92 Å². The summed E-state index contributed by atoms with van der Waals surface area (Å²) in [6.07, 6.45) is 1.47. The lowest BCUT2D eigenvalue weighted by Crippen LogP contribution is -2.17. The number of H-pyrrole nitrogens is 1. The Labute approximate surface area is 148 Å². The summed E-state index contributed by atoms with van der Waals surface area (Å²) in [7, 11) is 0. The number of nitrogens with one attached hydrogen (secondary N) is 1. The first-order valence-electron chi connectivity index (χ1n) is 7.40. The molecule has 0 saturated heterocycles. The molecule has 0 saturated carbocycles. The highest BCUT2D eigenvalue weighted by atomic mass is 35.5. The van der Waals surface area contributed by atoms with Gasteiger partial charge in [0.2, 0.25) is 0 Å². The summed E-state index contributed by atoms with van der Waals surface area (Å²) in [4.78, 5) is 27.7. The number of halogens is 1. The van der Waals surface area contributed by atoms with Crippen LogP contribution < -0.4 is 5.56 Å². The van der Waals surface area contributed by atoms with Crippen LogP contribution in [0.2, 0.25) is 5.02 Å². The minimum atomic E-state index is -0.997. The van der Waals surface area contributed by atoms with Crippen LogP contribution in [0.15, 0.2) is 58.3 Å². The molecule has 0 aliphatic rings. The Balaban J connectivity index is 1.91. The quantitative estimate of drug-likeness (QED) is 0.701. The number of hydrogen-bond donors (Lipinski definition) is 2. The molecule has 3 aromatic rings. The lowest BCUT2D eigenvalue weighted by Gasteiger charge is -2.00. The molecule has 126 valence electrons. The number of nitrogens with zero attached hydrogens (tertiary/aromatic N) is 2. The molecule has 0 spiro atoms. The zero-order chi connectivity index (χ0) is 18.0. The van der Waals surface area contributed by atoms with Crippen LogP contribution in [0.3, 0.4) is 0 Å². The molecular weight excluding hydrogens is 342 g/mol. The van der Waals surface area contributed by atoms with Crippen molar-refractivity contribution < 1.29 is 9.90 Å². The maximum Gasteiger partial charge on any atom is 0.335 e. The van der Waals surface area contributed by atoms with Gasteiger partial charge in [0, 0.05) is 16.9 Å². The van der Waals surface area contributed by atoms with Gasteiger partial charge in [-0.25, -0.2) is 9.48 Å². The van der Waals surface area contributed by atoms with Crippen LogP contribution in [-0.4, -0.2) is 27.1 Å². The number of aromatic nitrogens is 2. The Morgan fingerprint density at radius 2 is 1.80 bits per heavy atom. The van der Waals surface area contributed by atoms with Crippen molar-refractivity contribution in [2.45, 2.75) is 6.92 Å². The van der Waals surface area contributed by atoms with Gasteiger partial charge < -0.3 is 5.11 Å². The topological polar surface area (TPSA) is 87.5 Å². The van der Waals surface area contributed by atoms with Gasteiger partial charge in [0.25, 0.3) is 5.56 Å². The fourth-order valence-corrected chi connectivity index (χ4v) is 2.44. The maximum atomic E-state index is 12.6. The van der Waals surface area contributed by atoms with Gasteiger partial charge >= 0.3 is 5.97 Å². The van der Waals surface area contributed by atoms with Crippen molar-refractivity contribution in [2.24, 2.45) is 4.99 Å². The van der Waals surface area contributed by atoms with Crippen molar-refractivity contribution in [3.8, 4) is 5.69 Å². The average Bonchev–Trinajstić information content (AvgIpc) is 2.88. The molecule has 0 unspecified atom stereocenters. The highest BCUT2D eigenvalue weighted by molar-refractivity contribution is 6.30. The van der Waals surface area contributed by atoms with Crippen LogP contribution in [0.5, 0.6) is 0 Å². The van der Waals surface area contributed by atoms with Crippen LogP contribution in [-0.2, 0) is 0 Å². The summed E-state index contributed by atoms with van der Waals surface area (Å²) in [5, 5.41) is 12.5. The first-order valence-corrected chi connectivity index (χ1v) is 7.78. The van der Waals surface area contributed by atoms with E-state index in [1.807, 2.05) is 0 Å². The van der Waals surface area contributed by atoms with Crippen LogP contribution in [0.4, 0.5) is 5.69 Å². The van der Waals surface area contributed by atoms with Gasteiger partial charge in [-0.15, -0.1) is 0 Å². The van der Waals surface area contributed by atoms with Crippen molar-refractivity contribution in [2.75, 3.05) is 0 Å². The van der Waals surface area contributed by atoms with Crippen LogP contribution in [0.1, 0.15) is 21.6 Å². The SMILES string of the molecule is Cc1[nH]n(-c2ccc(Cl)cc2)c(=O)c1C=Nc1ccc(C(=O)O)cc1. The number of benzene rings is 2. The first-order chi connectivity index (χ1) is 12.0. The number of carboxylic acids is 1. The third-order valence-corrected chi connectivity index (χ3v) is 3.91. The van der Waals surface area contributed by atoms with Crippen molar-refractivity contribution in [1.29, 1.82) is 0 Å². The molecule has 0 amide bonds. The molecule has 1 aromatic heterocycles. The van der Waals surface area contributed by atoms with E-state index in [4.69, 9.17) is 16.7 Å². The molecule has 0 atom stereocenters. The fourth-order valence-electron chi connectivity index (χ4n) is 2.31. The standard InChI is InChI=1S/C18H14ClN3O3/c1-11-16(10-20-14-6-2-12(3-7-14)18(24)25)17(23)22(21-11)15-8-4-13(19)5-9-15/h2-10,21H,1H3,(H,24,25). The number of aromatic carboxylic acids is 1. The van der Waals surface area contributed by atoms with Gasteiger partial charge in [-0.1, -0.05) is 11.6 Å². The van der Waals surface area contributed by atoms with E-state index in [0.29, 0.717) is 27.7 Å². The van der Waals surface area contributed by atoms with E-state index in [9.17, 15) is 9.59 Å². The Bertz CT molecular complexity index is 1000. The third kappa shape index (κ3) is 3.54. The normalized spacial score (nSPS) is 11.1. The number of aliphatic imine (C=N–C) groups is 1. The minimum Gasteiger partial charge on any atom is -0.478 e. The molecule has 0 aliphatic heterocycles. The summed E-state index contributed by atoms with van der Waals surface area (Å²) in [6.45, 7) is 1.78. The van der Waals surface area contributed by atoms with Gasteiger partial charge in [0.1, 0.15) is 0 Å². The Morgan fingerprint density at radius 3 is 2.40 bits per heavy atom. The molecule has 7 heteroatoms. The Hall–Kier alpha value is -3.12. The molecule has 0 fully saturated rings. The van der Waals surface area contributed by atoms with Gasteiger partial charge in [0.05, 0.1) is 22.5 Å². The van der Waals surface area contributed by atoms with Crippen molar-refractivity contribution in [1.82, 2.24) is 9.78 Å². The predicted octanol–water partition coefficient (Wildman–Crippen LogP) is 3.58. The highest BCUT2D eigenvalue weighted by Gasteiger charge is 2.10. The monoisotopic (exact) mass is 355 g/mol. The summed E-state index contributed by atoms with van der Waals surface area (Å²) < 4.78 is 1.42. The Kier molecular flexibility index (Phi) is 4.54. The molecule has 1 heterocycles. The van der Waals surface area contributed by atoms with Crippen molar-refractivity contribution in [3.05, 3.63) is 80.7 Å². The summed E-state index contributed by atoms with van der Waals surface area (Å²) >= 11 is 5.87.